The molecule has 7 nitrogen and oxygen atoms in total. The Morgan fingerprint density at radius 3 is 2.44 bits per heavy atom. The van der Waals surface area contributed by atoms with Crippen molar-refractivity contribution in [2.45, 2.75) is 17.7 Å². The Kier molecular flexibility index (Phi) is 7.52. The van der Waals surface area contributed by atoms with E-state index < -0.39 is 28.4 Å². The molecule has 1 fully saturated rings. The van der Waals surface area contributed by atoms with Gasteiger partial charge in [0.15, 0.2) is 6.61 Å². The summed E-state index contributed by atoms with van der Waals surface area (Å²) in [4.78, 5) is 25.8. The molecule has 32 heavy (non-hydrogen) atoms. The molecule has 0 spiro atoms. The smallest absolute Gasteiger partial charge is 0.338 e. The molecule has 2 aromatic rings. The lowest BCUT2D eigenvalue weighted by atomic mass is 10.2. The summed E-state index contributed by atoms with van der Waals surface area (Å²) >= 11 is 6.15. The Morgan fingerprint density at radius 2 is 1.81 bits per heavy atom. The van der Waals surface area contributed by atoms with Crippen molar-refractivity contribution in [3.05, 3.63) is 71.5 Å². The number of esters is 1. The van der Waals surface area contributed by atoms with Crippen LogP contribution in [0, 0.1) is 5.82 Å². The zero-order chi connectivity index (χ0) is 23.3. The maximum Gasteiger partial charge on any atom is 0.338 e. The quantitative estimate of drug-likeness (QED) is 0.425. The number of halogens is 2. The number of sulfonamides is 1. The van der Waals surface area contributed by atoms with Crippen LogP contribution in [0.15, 0.2) is 60.0 Å². The van der Waals surface area contributed by atoms with Gasteiger partial charge in [-0.3, -0.25) is 9.10 Å². The first-order chi connectivity index (χ1) is 15.2. The molecule has 0 unspecified atom stereocenters. The second-order valence-electron chi connectivity index (χ2n) is 7.11. The van der Waals surface area contributed by atoms with Crippen LogP contribution in [0.25, 0.3) is 0 Å². The number of rotatable bonds is 8. The van der Waals surface area contributed by atoms with Crippen LogP contribution in [0.3, 0.4) is 0 Å². The van der Waals surface area contributed by atoms with Gasteiger partial charge < -0.3 is 9.64 Å². The highest BCUT2D eigenvalue weighted by molar-refractivity contribution is 7.93. The van der Waals surface area contributed by atoms with Crippen LogP contribution < -0.4 is 4.31 Å². The topological polar surface area (TPSA) is 84.0 Å². The lowest BCUT2D eigenvalue weighted by Crippen LogP contribution is -2.32. The molecular weight excluding hydrogens is 459 g/mol. The Balaban J connectivity index is 1.85. The molecule has 1 aliphatic heterocycles. The second-order valence-corrected chi connectivity index (χ2v) is 9.35. The molecule has 0 radical (unpaired) electrons. The molecule has 1 amide bonds. The van der Waals surface area contributed by atoms with Gasteiger partial charge in [0, 0.05) is 13.1 Å². The normalized spacial score (nSPS) is 13.6. The molecule has 0 N–H and O–H groups in total. The van der Waals surface area contributed by atoms with Crippen molar-refractivity contribution in [2.24, 2.45) is 0 Å². The van der Waals surface area contributed by atoms with Gasteiger partial charge in [-0.1, -0.05) is 17.7 Å². The van der Waals surface area contributed by atoms with Gasteiger partial charge >= 0.3 is 5.97 Å². The average molecular weight is 481 g/mol. The fourth-order valence-corrected chi connectivity index (χ4v) is 5.22. The number of ether oxygens (including phenoxy) is 1. The number of hydrogen-bond donors (Lipinski definition) is 0. The van der Waals surface area contributed by atoms with E-state index in [1.54, 1.807) is 4.90 Å². The molecule has 2 aromatic carbocycles. The maximum absolute atomic E-state index is 13.3. The highest BCUT2D eigenvalue weighted by Gasteiger charge is 2.28. The maximum atomic E-state index is 13.3. The van der Waals surface area contributed by atoms with Gasteiger partial charge in [0.25, 0.3) is 15.9 Å². The van der Waals surface area contributed by atoms with Crippen LogP contribution in [-0.2, 0) is 19.6 Å². The molecule has 3 rings (SSSR count). The monoisotopic (exact) mass is 480 g/mol. The van der Waals surface area contributed by atoms with Gasteiger partial charge in [-0.05, 0) is 55.3 Å². The summed E-state index contributed by atoms with van der Waals surface area (Å²) < 4.78 is 46.0. The third-order valence-electron chi connectivity index (χ3n) is 4.93. The van der Waals surface area contributed by atoms with E-state index in [0.717, 1.165) is 35.3 Å². The van der Waals surface area contributed by atoms with Crippen molar-refractivity contribution in [3.63, 3.8) is 0 Å². The van der Waals surface area contributed by atoms with E-state index in [9.17, 15) is 22.4 Å². The highest BCUT2D eigenvalue weighted by Crippen LogP contribution is 2.30. The predicted octanol–water partition coefficient (Wildman–Crippen LogP) is 3.64. The summed E-state index contributed by atoms with van der Waals surface area (Å²) in [5, 5.41) is -0.106. The highest BCUT2D eigenvalue weighted by atomic mass is 35.5. The third-order valence-corrected chi connectivity index (χ3v) is 7.21. The summed E-state index contributed by atoms with van der Waals surface area (Å²) in [5.74, 6) is -1.66. The molecule has 1 aliphatic rings. The van der Waals surface area contributed by atoms with E-state index in [1.807, 2.05) is 0 Å². The SMILES string of the molecule is C=CCN(c1ccc(F)cc1)S(=O)(=O)c1cc(C(=O)OCC(=O)N2CCCC2)ccc1Cl. The van der Waals surface area contributed by atoms with Crippen LogP contribution in [0.2, 0.25) is 5.02 Å². The number of carbonyl (C=O) groups excluding carboxylic acids is 2. The Hall–Kier alpha value is -2.91. The van der Waals surface area contributed by atoms with E-state index in [4.69, 9.17) is 16.3 Å². The first kappa shape index (κ1) is 23.7. The first-order valence-corrected chi connectivity index (χ1v) is 11.7. The summed E-state index contributed by atoms with van der Waals surface area (Å²) in [6.45, 7) is 4.29. The van der Waals surface area contributed by atoms with Crippen LogP contribution in [0.1, 0.15) is 23.2 Å². The number of benzene rings is 2. The summed E-state index contributed by atoms with van der Waals surface area (Å²) in [6, 6.07) is 8.57. The molecule has 170 valence electrons. The van der Waals surface area contributed by atoms with E-state index >= 15 is 0 Å². The fraction of sp³-hybridized carbons (Fsp3) is 0.273. The van der Waals surface area contributed by atoms with Crippen molar-refractivity contribution in [1.29, 1.82) is 0 Å². The Morgan fingerprint density at radius 1 is 1.16 bits per heavy atom. The zero-order valence-corrected chi connectivity index (χ0v) is 18.7. The molecule has 0 atom stereocenters. The van der Waals surface area contributed by atoms with Gasteiger partial charge in [-0.25, -0.2) is 17.6 Å². The second kappa shape index (κ2) is 10.1. The average Bonchev–Trinajstić information content (AvgIpc) is 3.31. The predicted molar refractivity (Wildman–Crippen MR) is 119 cm³/mol. The van der Waals surface area contributed by atoms with E-state index in [-0.39, 0.29) is 33.6 Å². The number of likely N-dealkylation sites (tertiary alicyclic amines) is 1. The van der Waals surface area contributed by atoms with Gasteiger partial charge in [-0.15, -0.1) is 6.58 Å². The molecule has 10 heteroatoms. The van der Waals surface area contributed by atoms with E-state index in [0.29, 0.717) is 13.1 Å². The number of amides is 1. The molecule has 1 heterocycles. The minimum atomic E-state index is -4.24. The minimum absolute atomic E-state index is 0.0696. The molecular formula is C22H22ClFN2O5S. The lowest BCUT2D eigenvalue weighted by Gasteiger charge is -2.24. The van der Waals surface area contributed by atoms with E-state index in [2.05, 4.69) is 6.58 Å². The van der Waals surface area contributed by atoms with Crippen molar-refractivity contribution in [2.75, 3.05) is 30.5 Å². The minimum Gasteiger partial charge on any atom is -0.452 e. The van der Waals surface area contributed by atoms with Crippen LogP contribution in [0.4, 0.5) is 10.1 Å². The summed E-state index contributed by atoms with van der Waals surface area (Å²) in [5.41, 5.74) is 0.131. The van der Waals surface area contributed by atoms with Crippen LogP contribution in [0.5, 0.6) is 0 Å². The zero-order valence-electron chi connectivity index (χ0n) is 17.2. The van der Waals surface area contributed by atoms with Crippen LogP contribution >= 0.6 is 11.6 Å². The molecule has 0 aliphatic carbocycles. The first-order valence-electron chi connectivity index (χ1n) is 9.87. The number of hydrogen-bond acceptors (Lipinski definition) is 5. The number of nitrogens with zero attached hydrogens (tertiary/aromatic N) is 2. The fourth-order valence-electron chi connectivity index (χ4n) is 3.28. The van der Waals surface area contributed by atoms with Crippen LogP contribution in [-0.4, -0.2) is 51.4 Å². The van der Waals surface area contributed by atoms with Crippen molar-refractivity contribution < 1.29 is 27.1 Å². The standard InChI is InChI=1S/C22H22ClFN2O5S/c1-2-11-26(18-8-6-17(24)7-9-18)32(29,30)20-14-16(5-10-19(20)23)22(28)31-15-21(27)25-12-3-4-13-25/h2,5-10,14H,1,3-4,11-13,15H2. The van der Waals surface area contributed by atoms with Crippen molar-refractivity contribution in [3.8, 4) is 0 Å². The molecule has 0 bridgehead atoms. The van der Waals surface area contributed by atoms with Gasteiger partial charge in [-0.2, -0.15) is 0 Å². The number of anilines is 1. The molecule has 0 saturated carbocycles. The lowest BCUT2D eigenvalue weighted by molar-refractivity contribution is -0.133. The van der Waals surface area contributed by atoms with E-state index in [1.165, 1.54) is 30.3 Å². The summed E-state index contributed by atoms with van der Waals surface area (Å²) in [6.07, 6.45) is 3.19. The number of carbonyl (C=O) groups is 2. The largest absolute Gasteiger partial charge is 0.452 e. The van der Waals surface area contributed by atoms with Gasteiger partial charge in [0.05, 0.1) is 22.8 Å². The third kappa shape index (κ3) is 5.28. The summed E-state index contributed by atoms with van der Waals surface area (Å²) in [7, 11) is -4.24. The Labute approximate surface area is 191 Å². The molecule has 1 saturated heterocycles. The van der Waals surface area contributed by atoms with Crippen molar-refractivity contribution in [1.82, 2.24) is 4.90 Å². The van der Waals surface area contributed by atoms with Crippen molar-refractivity contribution >= 4 is 39.2 Å². The molecule has 0 aromatic heterocycles. The van der Waals surface area contributed by atoms with Gasteiger partial charge in [0.1, 0.15) is 10.7 Å². The van der Waals surface area contributed by atoms with Gasteiger partial charge in [0.2, 0.25) is 0 Å². The Bertz CT molecular complexity index is 1120.